The largest absolute Gasteiger partial charge is 0.462 e. The Hall–Kier alpha value is -2.67. The van der Waals surface area contributed by atoms with Crippen molar-refractivity contribution in [2.75, 3.05) is 26.4 Å². The topological polar surface area (TPSA) is 82.5 Å². The number of esters is 1. The molecule has 1 spiro atoms. The molecule has 0 aliphatic carbocycles. The number of amides is 1. The zero-order chi connectivity index (χ0) is 22.7. The summed E-state index contributed by atoms with van der Waals surface area (Å²) in [5, 5.41) is 7.95. The van der Waals surface area contributed by atoms with Crippen molar-refractivity contribution < 1.29 is 19.1 Å². The van der Waals surface area contributed by atoms with Gasteiger partial charge in [-0.2, -0.15) is 5.10 Å². The smallest absolute Gasteiger partial charge is 0.338 e. The second-order valence-electron chi connectivity index (χ2n) is 9.35. The molecule has 1 saturated heterocycles. The monoisotopic (exact) mass is 439 g/mol. The number of aromatic nitrogens is 2. The third-order valence-electron chi connectivity index (χ3n) is 6.65. The number of fused-ring (bicyclic) bond motifs is 1. The normalized spacial score (nSPS) is 18.5. The second kappa shape index (κ2) is 9.45. The van der Waals surface area contributed by atoms with Crippen molar-refractivity contribution in [3.63, 3.8) is 0 Å². The zero-order valence-electron chi connectivity index (χ0n) is 19.3. The van der Waals surface area contributed by atoms with E-state index in [2.05, 4.69) is 5.32 Å². The molecule has 0 saturated carbocycles. The maximum absolute atomic E-state index is 12.9. The van der Waals surface area contributed by atoms with E-state index in [1.54, 1.807) is 6.07 Å². The van der Waals surface area contributed by atoms with Crippen LogP contribution in [0.5, 0.6) is 0 Å². The van der Waals surface area contributed by atoms with Crippen LogP contribution in [0.2, 0.25) is 0 Å². The van der Waals surface area contributed by atoms with Crippen molar-refractivity contribution in [2.45, 2.75) is 53.0 Å². The number of carbonyl (C=O) groups excluding carboxylic acids is 2. The van der Waals surface area contributed by atoms with E-state index in [0.717, 1.165) is 55.0 Å². The lowest BCUT2D eigenvalue weighted by Gasteiger charge is -2.36. The Kier molecular flexibility index (Phi) is 6.65. The number of rotatable bonds is 6. The Labute approximate surface area is 189 Å². The molecule has 1 amide bonds. The van der Waals surface area contributed by atoms with Gasteiger partial charge in [-0.1, -0.05) is 31.5 Å². The fourth-order valence-corrected chi connectivity index (χ4v) is 4.75. The van der Waals surface area contributed by atoms with Crippen molar-refractivity contribution in [1.82, 2.24) is 15.1 Å². The van der Waals surface area contributed by atoms with Crippen molar-refractivity contribution in [2.24, 2.45) is 11.3 Å². The van der Waals surface area contributed by atoms with Crippen LogP contribution in [0.1, 0.15) is 64.4 Å². The molecule has 1 aromatic heterocycles. The Morgan fingerprint density at radius 2 is 2.12 bits per heavy atom. The first-order valence-corrected chi connectivity index (χ1v) is 11.6. The van der Waals surface area contributed by atoms with Gasteiger partial charge < -0.3 is 14.8 Å². The van der Waals surface area contributed by atoms with E-state index in [-0.39, 0.29) is 23.2 Å². The fraction of sp³-hybridized carbons (Fsp3) is 0.560. The van der Waals surface area contributed by atoms with Gasteiger partial charge in [0.05, 0.1) is 29.1 Å². The second-order valence-corrected chi connectivity index (χ2v) is 9.35. The highest BCUT2D eigenvalue weighted by atomic mass is 16.5. The van der Waals surface area contributed by atoms with Crippen molar-refractivity contribution >= 4 is 11.9 Å². The van der Waals surface area contributed by atoms with Gasteiger partial charge in [-0.25, -0.2) is 4.79 Å². The molecule has 2 aliphatic rings. The van der Waals surface area contributed by atoms with Crippen LogP contribution >= 0.6 is 0 Å². The van der Waals surface area contributed by atoms with Gasteiger partial charge in [0, 0.05) is 32.2 Å². The van der Waals surface area contributed by atoms with E-state index in [1.807, 2.05) is 43.7 Å². The molecule has 2 aromatic rings. The number of hydrogen-bond acceptors (Lipinski definition) is 5. The fourth-order valence-electron chi connectivity index (χ4n) is 4.75. The molecule has 1 aromatic carbocycles. The molecule has 1 N–H and O–H groups in total. The first-order valence-electron chi connectivity index (χ1n) is 11.6. The third-order valence-corrected chi connectivity index (χ3v) is 6.65. The van der Waals surface area contributed by atoms with Gasteiger partial charge in [0.25, 0.3) is 5.91 Å². The third kappa shape index (κ3) is 4.72. The van der Waals surface area contributed by atoms with Crippen LogP contribution in [0.3, 0.4) is 0 Å². The van der Waals surface area contributed by atoms with Crippen LogP contribution in [-0.4, -0.2) is 48.0 Å². The van der Waals surface area contributed by atoms with E-state index in [4.69, 9.17) is 14.6 Å². The van der Waals surface area contributed by atoms with Gasteiger partial charge in [0.2, 0.25) is 0 Å². The highest BCUT2D eigenvalue weighted by molar-refractivity contribution is 5.97. The standard InChI is InChI=1S/C25H33N3O4/c1-4-20-22-21(13-25(16-26-23(22)29)8-10-31-11-9-25)28(27-20)14-18(3)15-32-24(30)19-7-5-6-17(2)12-19/h5-7,12,18H,4,8-11,13-16H2,1-3H3,(H,26,29)/t18-/m0/s1. The Morgan fingerprint density at radius 3 is 2.84 bits per heavy atom. The molecule has 0 unspecified atom stereocenters. The molecule has 7 nitrogen and oxygen atoms in total. The molecular formula is C25H33N3O4. The van der Waals surface area contributed by atoms with Crippen LogP contribution in [0.25, 0.3) is 0 Å². The van der Waals surface area contributed by atoms with Gasteiger partial charge in [-0.3, -0.25) is 9.48 Å². The highest BCUT2D eigenvalue weighted by Gasteiger charge is 2.39. The lowest BCUT2D eigenvalue weighted by Crippen LogP contribution is -2.41. The first kappa shape index (κ1) is 22.5. The van der Waals surface area contributed by atoms with Crippen molar-refractivity contribution in [1.29, 1.82) is 0 Å². The SMILES string of the molecule is CCc1nn(C[C@H](C)COC(=O)c2cccc(C)c2)c2c1C(=O)NCC1(CCOCC1)C2. The summed E-state index contributed by atoms with van der Waals surface area (Å²) in [6.07, 6.45) is 3.38. The van der Waals surface area contributed by atoms with Gasteiger partial charge in [0.15, 0.2) is 0 Å². The molecule has 4 rings (SSSR count). The molecule has 0 bridgehead atoms. The molecule has 7 heteroatoms. The lowest BCUT2D eigenvalue weighted by atomic mass is 9.76. The Morgan fingerprint density at radius 1 is 1.34 bits per heavy atom. The molecule has 0 radical (unpaired) electrons. The predicted octanol–water partition coefficient (Wildman–Crippen LogP) is 3.33. The van der Waals surface area contributed by atoms with Gasteiger partial charge >= 0.3 is 5.97 Å². The number of nitrogens with zero attached hydrogens (tertiary/aromatic N) is 2. The molecule has 2 aliphatic heterocycles. The lowest BCUT2D eigenvalue weighted by molar-refractivity contribution is 0.0151. The number of benzene rings is 1. The summed E-state index contributed by atoms with van der Waals surface area (Å²) in [5.74, 6) is -0.269. The summed E-state index contributed by atoms with van der Waals surface area (Å²) in [7, 11) is 0. The van der Waals surface area contributed by atoms with Crippen LogP contribution in [0.15, 0.2) is 24.3 Å². The minimum atomic E-state index is -0.311. The molecule has 32 heavy (non-hydrogen) atoms. The van der Waals surface area contributed by atoms with Gasteiger partial charge in [0.1, 0.15) is 0 Å². The van der Waals surface area contributed by atoms with Crippen LogP contribution < -0.4 is 5.32 Å². The van der Waals surface area contributed by atoms with Crippen LogP contribution in [-0.2, 0) is 28.9 Å². The van der Waals surface area contributed by atoms with E-state index >= 15 is 0 Å². The quantitative estimate of drug-likeness (QED) is 0.698. The van der Waals surface area contributed by atoms with Crippen LogP contribution in [0, 0.1) is 18.3 Å². The summed E-state index contributed by atoms with van der Waals surface area (Å²) in [6.45, 7) is 9.06. The Bertz CT molecular complexity index is 991. The number of carbonyl (C=O) groups is 2. The molecular weight excluding hydrogens is 406 g/mol. The minimum Gasteiger partial charge on any atom is -0.462 e. The number of ether oxygens (including phenoxy) is 2. The molecule has 3 heterocycles. The first-order chi connectivity index (χ1) is 15.4. The highest BCUT2D eigenvalue weighted by Crippen LogP contribution is 2.37. The number of aryl methyl sites for hydroxylation is 2. The van der Waals surface area contributed by atoms with E-state index in [1.165, 1.54) is 0 Å². The summed E-state index contributed by atoms with van der Waals surface area (Å²) in [5.41, 5.74) is 4.19. The van der Waals surface area contributed by atoms with E-state index < -0.39 is 0 Å². The average Bonchev–Trinajstić information content (AvgIpc) is 3.06. The average molecular weight is 440 g/mol. The summed E-state index contributed by atoms with van der Waals surface area (Å²) in [4.78, 5) is 25.4. The van der Waals surface area contributed by atoms with E-state index in [0.29, 0.717) is 31.7 Å². The van der Waals surface area contributed by atoms with Crippen molar-refractivity contribution in [3.05, 3.63) is 52.3 Å². The maximum atomic E-state index is 12.9. The van der Waals surface area contributed by atoms with Gasteiger partial charge in [-0.05, 0) is 50.2 Å². The Balaban J connectivity index is 1.50. The zero-order valence-corrected chi connectivity index (χ0v) is 19.3. The summed E-state index contributed by atoms with van der Waals surface area (Å²) < 4.78 is 13.1. The molecule has 1 atom stereocenters. The predicted molar refractivity (Wildman–Crippen MR) is 121 cm³/mol. The number of hydrogen-bond donors (Lipinski definition) is 1. The summed E-state index contributed by atoms with van der Waals surface area (Å²) >= 11 is 0. The van der Waals surface area contributed by atoms with Gasteiger partial charge in [-0.15, -0.1) is 0 Å². The van der Waals surface area contributed by atoms with Crippen molar-refractivity contribution in [3.8, 4) is 0 Å². The number of nitrogens with one attached hydrogen (secondary N) is 1. The molecule has 172 valence electrons. The molecule has 1 fully saturated rings. The summed E-state index contributed by atoms with van der Waals surface area (Å²) in [6, 6.07) is 7.42. The minimum absolute atomic E-state index is 0.0167. The van der Waals surface area contributed by atoms with E-state index in [9.17, 15) is 9.59 Å². The van der Waals surface area contributed by atoms with Crippen LogP contribution in [0.4, 0.5) is 0 Å². The maximum Gasteiger partial charge on any atom is 0.338 e.